The molecule has 0 fully saturated rings. The molecule has 0 spiro atoms. The molecule has 0 aliphatic heterocycles. The van der Waals surface area contributed by atoms with Crippen molar-refractivity contribution in [3.05, 3.63) is 35.4 Å². The van der Waals surface area contributed by atoms with Gasteiger partial charge in [-0.05, 0) is 12.5 Å². The highest BCUT2D eigenvalue weighted by Gasteiger charge is 2.14. The van der Waals surface area contributed by atoms with Crippen LogP contribution in [0, 0.1) is 0 Å². The highest BCUT2D eigenvalue weighted by molar-refractivity contribution is 6.33. The predicted molar refractivity (Wildman–Crippen MR) is 67.4 cm³/mol. The van der Waals surface area contributed by atoms with Crippen molar-refractivity contribution in [2.75, 3.05) is 6.54 Å². The fourth-order valence-corrected chi connectivity index (χ4v) is 1.88. The lowest BCUT2D eigenvalue weighted by atomic mass is 10.3. The Morgan fingerprint density at radius 2 is 2.33 bits per heavy atom. The molecule has 0 aliphatic carbocycles. The first-order valence-corrected chi connectivity index (χ1v) is 5.99. The molecule has 18 heavy (non-hydrogen) atoms. The van der Waals surface area contributed by atoms with Crippen LogP contribution in [0.15, 0.2) is 24.7 Å². The van der Waals surface area contributed by atoms with E-state index in [2.05, 4.69) is 15.5 Å². The molecule has 0 bridgehead atoms. The number of nitrogens with one attached hydrogen (secondary N) is 1. The van der Waals surface area contributed by atoms with Crippen LogP contribution in [-0.2, 0) is 13.6 Å². The molecule has 2 rings (SSSR count). The number of halogens is 1. The lowest BCUT2D eigenvalue weighted by Gasteiger charge is -2.06. The maximum absolute atomic E-state index is 11.8. The van der Waals surface area contributed by atoms with E-state index in [1.54, 1.807) is 13.2 Å². The summed E-state index contributed by atoms with van der Waals surface area (Å²) in [5, 5.41) is 11.2. The first-order valence-electron chi connectivity index (χ1n) is 5.61. The van der Waals surface area contributed by atoms with Gasteiger partial charge in [-0.1, -0.05) is 11.6 Å². The van der Waals surface area contributed by atoms with Gasteiger partial charge in [0.1, 0.15) is 5.69 Å². The van der Waals surface area contributed by atoms with E-state index in [1.807, 2.05) is 16.9 Å². The third kappa shape index (κ3) is 2.89. The molecule has 2 aromatic heterocycles. The van der Waals surface area contributed by atoms with Crippen LogP contribution < -0.4 is 5.32 Å². The number of hydrogen-bond donors (Lipinski definition) is 1. The number of carbonyl (C=O) groups is 1. The van der Waals surface area contributed by atoms with Crippen molar-refractivity contribution < 1.29 is 4.79 Å². The van der Waals surface area contributed by atoms with E-state index in [-0.39, 0.29) is 5.91 Å². The first-order chi connectivity index (χ1) is 8.68. The van der Waals surface area contributed by atoms with Crippen molar-refractivity contribution in [2.24, 2.45) is 7.05 Å². The monoisotopic (exact) mass is 267 g/mol. The first kappa shape index (κ1) is 12.6. The van der Waals surface area contributed by atoms with Gasteiger partial charge in [0.05, 0.1) is 11.2 Å². The number of aromatic nitrogens is 4. The minimum Gasteiger partial charge on any atom is -0.351 e. The van der Waals surface area contributed by atoms with Crippen molar-refractivity contribution in [3.8, 4) is 0 Å². The molecule has 6 nitrogen and oxygen atoms in total. The fraction of sp³-hybridized carbons (Fsp3) is 0.364. The standard InChI is InChI=1S/C11H14ClN5O/c1-16-10(9(12)8-15-16)11(18)13-4-2-6-17-7-3-5-14-17/h3,5,7-8H,2,4,6H2,1H3,(H,13,18). The Balaban J connectivity index is 1.79. The summed E-state index contributed by atoms with van der Waals surface area (Å²) in [6, 6.07) is 1.87. The summed E-state index contributed by atoms with van der Waals surface area (Å²) in [6.45, 7) is 1.34. The van der Waals surface area contributed by atoms with Gasteiger partial charge in [-0.25, -0.2) is 0 Å². The Kier molecular flexibility index (Phi) is 3.99. The van der Waals surface area contributed by atoms with E-state index in [0.717, 1.165) is 13.0 Å². The molecular formula is C11H14ClN5O. The molecule has 0 aromatic carbocycles. The Labute approximate surface area is 110 Å². The zero-order valence-electron chi connectivity index (χ0n) is 10.0. The van der Waals surface area contributed by atoms with E-state index in [4.69, 9.17) is 11.6 Å². The molecule has 0 radical (unpaired) electrons. The van der Waals surface area contributed by atoms with Gasteiger partial charge in [0.25, 0.3) is 5.91 Å². The average molecular weight is 268 g/mol. The van der Waals surface area contributed by atoms with Crippen molar-refractivity contribution in [1.29, 1.82) is 0 Å². The topological polar surface area (TPSA) is 64.7 Å². The number of aryl methyl sites for hydroxylation is 2. The lowest BCUT2D eigenvalue weighted by Crippen LogP contribution is -2.27. The summed E-state index contributed by atoms with van der Waals surface area (Å²) in [7, 11) is 1.69. The molecule has 7 heteroatoms. The fourth-order valence-electron chi connectivity index (χ4n) is 1.63. The maximum Gasteiger partial charge on any atom is 0.271 e. The molecule has 0 aliphatic rings. The minimum absolute atomic E-state index is 0.208. The quantitative estimate of drug-likeness (QED) is 0.825. The molecule has 96 valence electrons. The zero-order chi connectivity index (χ0) is 13.0. The van der Waals surface area contributed by atoms with Gasteiger partial charge in [-0.15, -0.1) is 0 Å². The van der Waals surface area contributed by atoms with Crippen LogP contribution >= 0.6 is 11.6 Å². The summed E-state index contributed by atoms with van der Waals surface area (Å²) in [5.41, 5.74) is 0.385. The van der Waals surface area contributed by atoms with E-state index in [9.17, 15) is 4.79 Å². The Hall–Kier alpha value is -1.82. The predicted octanol–water partition coefficient (Wildman–Crippen LogP) is 1.09. The Morgan fingerprint density at radius 3 is 2.94 bits per heavy atom. The Bertz CT molecular complexity index is 500. The van der Waals surface area contributed by atoms with Crippen LogP contribution in [0.3, 0.4) is 0 Å². The smallest absolute Gasteiger partial charge is 0.271 e. The molecule has 1 N–H and O–H groups in total. The highest BCUT2D eigenvalue weighted by Crippen LogP contribution is 2.13. The maximum atomic E-state index is 11.8. The summed E-state index contributed by atoms with van der Waals surface area (Å²) in [6.07, 6.45) is 5.89. The number of nitrogens with zero attached hydrogens (tertiary/aromatic N) is 4. The SMILES string of the molecule is Cn1ncc(Cl)c1C(=O)NCCCn1cccn1. The number of hydrogen-bond acceptors (Lipinski definition) is 3. The average Bonchev–Trinajstić information content (AvgIpc) is 2.95. The van der Waals surface area contributed by atoms with Crippen molar-refractivity contribution in [1.82, 2.24) is 24.9 Å². The second-order valence-corrected chi connectivity index (χ2v) is 4.25. The summed E-state index contributed by atoms with van der Waals surface area (Å²) in [5.74, 6) is -0.208. The van der Waals surface area contributed by atoms with Crippen LogP contribution in [0.1, 0.15) is 16.9 Å². The second kappa shape index (κ2) is 5.68. The zero-order valence-corrected chi connectivity index (χ0v) is 10.8. The molecule has 0 unspecified atom stereocenters. The normalized spacial score (nSPS) is 10.6. The minimum atomic E-state index is -0.208. The van der Waals surface area contributed by atoms with Crippen LogP contribution in [0.2, 0.25) is 5.02 Å². The van der Waals surface area contributed by atoms with Crippen molar-refractivity contribution >= 4 is 17.5 Å². The molecule has 2 aromatic rings. The molecule has 0 atom stereocenters. The summed E-state index contributed by atoms with van der Waals surface area (Å²) < 4.78 is 3.29. The van der Waals surface area contributed by atoms with Gasteiger partial charge in [0.2, 0.25) is 0 Å². The van der Waals surface area contributed by atoms with Crippen LogP contribution in [0.5, 0.6) is 0 Å². The summed E-state index contributed by atoms with van der Waals surface area (Å²) in [4.78, 5) is 11.8. The van der Waals surface area contributed by atoms with Gasteiger partial charge in [0, 0.05) is 32.5 Å². The van der Waals surface area contributed by atoms with Gasteiger partial charge in [-0.3, -0.25) is 14.2 Å². The largest absolute Gasteiger partial charge is 0.351 e. The Morgan fingerprint density at radius 1 is 1.50 bits per heavy atom. The van der Waals surface area contributed by atoms with Gasteiger partial charge >= 0.3 is 0 Å². The lowest BCUT2D eigenvalue weighted by molar-refractivity contribution is 0.0943. The molecule has 0 saturated carbocycles. The van der Waals surface area contributed by atoms with E-state index >= 15 is 0 Å². The second-order valence-electron chi connectivity index (χ2n) is 3.84. The molecular weight excluding hydrogens is 254 g/mol. The van der Waals surface area contributed by atoms with E-state index in [0.29, 0.717) is 17.3 Å². The van der Waals surface area contributed by atoms with E-state index < -0.39 is 0 Å². The molecule has 2 heterocycles. The summed E-state index contributed by atoms with van der Waals surface area (Å²) >= 11 is 5.88. The number of rotatable bonds is 5. The molecule has 1 amide bonds. The van der Waals surface area contributed by atoms with Crippen molar-refractivity contribution in [3.63, 3.8) is 0 Å². The third-order valence-electron chi connectivity index (χ3n) is 2.52. The third-order valence-corrected chi connectivity index (χ3v) is 2.79. The molecule has 0 saturated heterocycles. The number of amides is 1. The van der Waals surface area contributed by atoms with Gasteiger partial charge in [-0.2, -0.15) is 10.2 Å². The van der Waals surface area contributed by atoms with Crippen LogP contribution in [-0.4, -0.2) is 32.0 Å². The number of carbonyl (C=O) groups excluding carboxylic acids is 1. The van der Waals surface area contributed by atoms with Crippen LogP contribution in [0.4, 0.5) is 0 Å². The van der Waals surface area contributed by atoms with Gasteiger partial charge in [0.15, 0.2) is 0 Å². The van der Waals surface area contributed by atoms with Crippen molar-refractivity contribution in [2.45, 2.75) is 13.0 Å². The van der Waals surface area contributed by atoms with Gasteiger partial charge < -0.3 is 5.32 Å². The highest BCUT2D eigenvalue weighted by atomic mass is 35.5. The van der Waals surface area contributed by atoms with Crippen LogP contribution in [0.25, 0.3) is 0 Å². The van der Waals surface area contributed by atoms with E-state index in [1.165, 1.54) is 10.9 Å².